The van der Waals surface area contributed by atoms with Crippen LogP contribution in [0.2, 0.25) is 0 Å². The number of piperazine rings is 1. The molecular weight excluding hydrogens is 258 g/mol. The third-order valence-electron chi connectivity index (χ3n) is 5.32. The molecule has 1 aromatic carbocycles. The summed E-state index contributed by atoms with van der Waals surface area (Å²) in [6.45, 7) is 10.7. The lowest BCUT2D eigenvalue weighted by Gasteiger charge is -2.46. The number of hydrogen-bond donors (Lipinski definition) is 1. The highest BCUT2D eigenvalue weighted by atomic mass is 15.3. The van der Waals surface area contributed by atoms with Gasteiger partial charge in [0, 0.05) is 32.2 Å². The van der Waals surface area contributed by atoms with Gasteiger partial charge in [-0.3, -0.25) is 4.90 Å². The zero-order valence-corrected chi connectivity index (χ0v) is 13.7. The van der Waals surface area contributed by atoms with Gasteiger partial charge in [-0.1, -0.05) is 30.3 Å². The fourth-order valence-electron chi connectivity index (χ4n) is 3.87. The van der Waals surface area contributed by atoms with Crippen LogP contribution in [0.1, 0.15) is 25.8 Å². The summed E-state index contributed by atoms with van der Waals surface area (Å²) in [5, 5.41) is 3.77. The summed E-state index contributed by atoms with van der Waals surface area (Å²) in [4.78, 5) is 5.17. The Hall–Kier alpha value is -0.900. The van der Waals surface area contributed by atoms with E-state index in [0.717, 1.165) is 19.0 Å². The Morgan fingerprint density at radius 2 is 2.05 bits per heavy atom. The molecule has 0 saturated carbocycles. The lowest BCUT2D eigenvalue weighted by molar-refractivity contribution is 0.0800. The molecule has 3 nitrogen and oxygen atoms in total. The van der Waals surface area contributed by atoms with E-state index in [4.69, 9.17) is 0 Å². The maximum absolute atomic E-state index is 3.77. The van der Waals surface area contributed by atoms with Gasteiger partial charge in [-0.2, -0.15) is 0 Å². The Morgan fingerprint density at radius 1 is 1.29 bits per heavy atom. The molecule has 0 aliphatic carbocycles. The van der Waals surface area contributed by atoms with Crippen molar-refractivity contribution in [1.29, 1.82) is 0 Å². The molecule has 2 heterocycles. The number of rotatable bonds is 3. The van der Waals surface area contributed by atoms with E-state index in [1.165, 1.54) is 31.6 Å². The summed E-state index contributed by atoms with van der Waals surface area (Å²) in [5.74, 6) is 0.843. The van der Waals surface area contributed by atoms with Gasteiger partial charge in [-0.05, 0) is 45.3 Å². The lowest BCUT2D eigenvalue weighted by Crippen LogP contribution is -2.61. The second kappa shape index (κ2) is 6.07. The third kappa shape index (κ3) is 3.31. The van der Waals surface area contributed by atoms with Gasteiger partial charge in [0.05, 0.1) is 5.54 Å². The van der Waals surface area contributed by atoms with Crippen molar-refractivity contribution in [1.82, 2.24) is 15.1 Å². The maximum atomic E-state index is 3.77. The van der Waals surface area contributed by atoms with E-state index in [1.807, 2.05) is 0 Å². The topological polar surface area (TPSA) is 18.5 Å². The first-order valence-corrected chi connectivity index (χ1v) is 8.30. The highest BCUT2D eigenvalue weighted by molar-refractivity contribution is 5.25. The molecule has 2 aliphatic heterocycles. The third-order valence-corrected chi connectivity index (χ3v) is 5.32. The molecule has 0 aromatic heterocycles. The molecule has 3 atom stereocenters. The first-order chi connectivity index (χ1) is 10.1. The van der Waals surface area contributed by atoms with Gasteiger partial charge < -0.3 is 10.2 Å². The van der Waals surface area contributed by atoms with E-state index < -0.39 is 0 Å². The van der Waals surface area contributed by atoms with Crippen LogP contribution >= 0.6 is 0 Å². The Morgan fingerprint density at radius 3 is 2.71 bits per heavy atom. The highest BCUT2D eigenvalue weighted by Crippen LogP contribution is 2.28. The van der Waals surface area contributed by atoms with Crippen LogP contribution in [-0.4, -0.2) is 55.6 Å². The monoisotopic (exact) mass is 287 g/mol. The van der Waals surface area contributed by atoms with E-state index in [9.17, 15) is 0 Å². The van der Waals surface area contributed by atoms with Gasteiger partial charge in [0.25, 0.3) is 0 Å². The summed E-state index contributed by atoms with van der Waals surface area (Å²) in [6, 6.07) is 11.5. The molecular formula is C18H29N3. The molecule has 1 aromatic rings. The zero-order valence-electron chi connectivity index (χ0n) is 13.7. The van der Waals surface area contributed by atoms with Crippen LogP contribution in [0.15, 0.2) is 30.3 Å². The quantitative estimate of drug-likeness (QED) is 0.919. The standard InChI is InChI=1S/C18H29N3/c1-15-11-19-18(2,17-7-5-4-6-8-17)14-21(15)13-16-9-10-20(3)12-16/h4-8,15-16,19H,9-14H2,1-3H3. The van der Waals surface area contributed by atoms with E-state index >= 15 is 0 Å². The van der Waals surface area contributed by atoms with Crippen molar-refractivity contribution in [2.75, 3.05) is 39.8 Å². The molecule has 21 heavy (non-hydrogen) atoms. The summed E-state index contributed by atoms with van der Waals surface area (Å²) < 4.78 is 0. The van der Waals surface area contributed by atoms with Crippen molar-refractivity contribution in [3.05, 3.63) is 35.9 Å². The normalized spacial score (nSPS) is 35.2. The molecule has 3 unspecified atom stereocenters. The molecule has 1 N–H and O–H groups in total. The van der Waals surface area contributed by atoms with Crippen LogP contribution in [0.3, 0.4) is 0 Å². The molecule has 0 spiro atoms. The summed E-state index contributed by atoms with van der Waals surface area (Å²) >= 11 is 0. The molecule has 3 heteroatoms. The fraction of sp³-hybridized carbons (Fsp3) is 0.667. The second-order valence-electron chi connectivity index (χ2n) is 7.27. The minimum absolute atomic E-state index is 0.0816. The van der Waals surface area contributed by atoms with Gasteiger partial charge in [-0.25, -0.2) is 0 Å². The van der Waals surface area contributed by atoms with Crippen molar-refractivity contribution in [3.8, 4) is 0 Å². The highest BCUT2D eigenvalue weighted by Gasteiger charge is 2.36. The van der Waals surface area contributed by atoms with Crippen molar-refractivity contribution in [2.45, 2.75) is 31.8 Å². The van der Waals surface area contributed by atoms with Crippen molar-refractivity contribution in [3.63, 3.8) is 0 Å². The Balaban J connectivity index is 1.69. The first-order valence-electron chi connectivity index (χ1n) is 8.30. The van der Waals surface area contributed by atoms with E-state index in [2.05, 4.69) is 66.3 Å². The second-order valence-corrected chi connectivity index (χ2v) is 7.27. The van der Waals surface area contributed by atoms with Crippen LogP contribution in [0, 0.1) is 5.92 Å². The van der Waals surface area contributed by atoms with Gasteiger partial charge in [0.15, 0.2) is 0 Å². The van der Waals surface area contributed by atoms with Crippen molar-refractivity contribution < 1.29 is 0 Å². The Labute approximate surface area is 129 Å². The largest absolute Gasteiger partial charge is 0.306 e. The van der Waals surface area contributed by atoms with Crippen LogP contribution in [0.5, 0.6) is 0 Å². The Kier molecular flexibility index (Phi) is 4.34. The average molecular weight is 287 g/mol. The van der Waals surface area contributed by atoms with Gasteiger partial charge >= 0.3 is 0 Å². The van der Waals surface area contributed by atoms with E-state index in [0.29, 0.717) is 6.04 Å². The smallest absolute Gasteiger partial charge is 0.0535 e. The molecule has 0 radical (unpaired) electrons. The number of nitrogens with zero attached hydrogens (tertiary/aromatic N) is 2. The molecule has 116 valence electrons. The molecule has 2 fully saturated rings. The zero-order chi connectivity index (χ0) is 14.9. The molecule has 0 amide bonds. The van der Waals surface area contributed by atoms with E-state index in [1.54, 1.807) is 0 Å². The minimum atomic E-state index is 0.0816. The Bertz CT molecular complexity index is 461. The number of hydrogen-bond acceptors (Lipinski definition) is 3. The van der Waals surface area contributed by atoms with Crippen molar-refractivity contribution in [2.24, 2.45) is 5.92 Å². The molecule has 3 rings (SSSR count). The van der Waals surface area contributed by atoms with Gasteiger partial charge in [0.1, 0.15) is 0 Å². The van der Waals surface area contributed by atoms with Crippen LogP contribution < -0.4 is 5.32 Å². The number of nitrogens with one attached hydrogen (secondary N) is 1. The first kappa shape index (κ1) is 15.0. The van der Waals surface area contributed by atoms with Crippen LogP contribution in [-0.2, 0) is 5.54 Å². The number of benzene rings is 1. The molecule has 0 bridgehead atoms. The van der Waals surface area contributed by atoms with Gasteiger partial charge in [-0.15, -0.1) is 0 Å². The summed E-state index contributed by atoms with van der Waals surface area (Å²) in [7, 11) is 2.25. The van der Waals surface area contributed by atoms with Crippen LogP contribution in [0.25, 0.3) is 0 Å². The SMILES string of the molecule is CC1CNC(C)(c2ccccc2)CN1CC1CCN(C)C1. The predicted octanol–water partition coefficient (Wildman–Crippen LogP) is 2.15. The lowest BCUT2D eigenvalue weighted by atomic mass is 9.88. The predicted molar refractivity (Wildman–Crippen MR) is 88.4 cm³/mol. The van der Waals surface area contributed by atoms with Crippen molar-refractivity contribution >= 4 is 0 Å². The number of likely N-dealkylation sites (tertiary alicyclic amines) is 1. The summed E-state index contributed by atoms with van der Waals surface area (Å²) in [6.07, 6.45) is 1.36. The summed E-state index contributed by atoms with van der Waals surface area (Å²) in [5.41, 5.74) is 1.49. The fourth-order valence-corrected chi connectivity index (χ4v) is 3.87. The minimum Gasteiger partial charge on any atom is -0.306 e. The maximum Gasteiger partial charge on any atom is 0.0535 e. The average Bonchev–Trinajstić information content (AvgIpc) is 2.89. The molecule has 2 saturated heterocycles. The van der Waals surface area contributed by atoms with Gasteiger partial charge in [0.2, 0.25) is 0 Å². The van der Waals surface area contributed by atoms with E-state index in [-0.39, 0.29) is 5.54 Å². The molecule has 2 aliphatic rings. The van der Waals surface area contributed by atoms with Crippen LogP contribution in [0.4, 0.5) is 0 Å².